The zero-order valence-corrected chi connectivity index (χ0v) is 36.3. The summed E-state index contributed by atoms with van der Waals surface area (Å²) in [5, 5.41) is 19.0. The van der Waals surface area contributed by atoms with Crippen molar-refractivity contribution in [2.24, 2.45) is 13.0 Å². The first-order chi connectivity index (χ1) is 31.5. The van der Waals surface area contributed by atoms with Gasteiger partial charge in [-0.1, -0.05) is 24.0 Å². The molecule has 4 aromatic heterocycles. The summed E-state index contributed by atoms with van der Waals surface area (Å²) in [7, 11) is 3.41. The number of carbonyl (C=O) groups is 3. The van der Waals surface area contributed by atoms with Gasteiger partial charge in [0, 0.05) is 71.1 Å². The summed E-state index contributed by atoms with van der Waals surface area (Å²) in [6, 6.07) is 7.29. The minimum atomic E-state index is -2.91. The SMILES string of the molecule is COC[C@@H]1CN(c2ccn3ncc(C(=O)Nc4cn(C5CCC(CN6CC[C@@H](OCC#Cc7cccc8c([C@@H]9CCC(=O)NC9=O)nn(C)c78)[C@@H](F)C6)CC5)nc4C(F)F)c3n2)CCO1. The van der Waals surface area contributed by atoms with Crippen LogP contribution in [0.25, 0.3) is 16.6 Å². The number of anilines is 2. The molecule has 0 unspecified atom stereocenters. The highest BCUT2D eigenvalue weighted by molar-refractivity contribution is 6.08. The Hall–Kier alpha value is -5.88. The number of nitrogens with zero attached hydrogens (tertiary/aromatic N) is 9. The lowest BCUT2D eigenvalue weighted by Gasteiger charge is -2.38. The minimum Gasteiger partial charge on any atom is -0.382 e. The van der Waals surface area contributed by atoms with Gasteiger partial charge in [-0.15, -0.1) is 0 Å². The van der Waals surface area contributed by atoms with Crippen LogP contribution in [0.4, 0.5) is 24.7 Å². The fourth-order valence-electron chi connectivity index (χ4n) is 9.66. The number of methoxy groups -OCH3 is 1. The van der Waals surface area contributed by atoms with Crippen LogP contribution in [0.15, 0.2) is 42.9 Å². The zero-order valence-electron chi connectivity index (χ0n) is 36.3. The predicted octanol–water partition coefficient (Wildman–Crippen LogP) is 4.59. The molecule has 4 atom stereocenters. The number of imide groups is 1. The number of morpholine rings is 1. The molecule has 4 aliphatic rings. The van der Waals surface area contributed by atoms with Crippen molar-refractivity contribution >= 4 is 45.8 Å². The molecule has 0 bridgehead atoms. The van der Waals surface area contributed by atoms with Gasteiger partial charge in [0.2, 0.25) is 11.8 Å². The summed E-state index contributed by atoms with van der Waals surface area (Å²) in [6.45, 7) is 3.82. The van der Waals surface area contributed by atoms with E-state index in [2.05, 4.69) is 42.7 Å². The van der Waals surface area contributed by atoms with Crippen LogP contribution in [0.1, 0.15) is 90.6 Å². The van der Waals surface area contributed by atoms with Gasteiger partial charge in [0.05, 0.1) is 66.0 Å². The molecule has 2 N–H and O–H groups in total. The number of halogens is 3. The molecule has 1 aromatic carbocycles. The molecule has 3 saturated heterocycles. The summed E-state index contributed by atoms with van der Waals surface area (Å²) < 4.78 is 65.8. The smallest absolute Gasteiger partial charge is 0.284 e. The maximum absolute atomic E-state index is 15.5. The molecule has 4 fully saturated rings. The lowest BCUT2D eigenvalue weighted by Crippen LogP contribution is -2.47. The maximum atomic E-state index is 15.5. The predicted molar refractivity (Wildman–Crippen MR) is 231 cm³/mol. The van der Waals surface area contributed by atoms with Crippen molar-refractivity contribution < 1.29 is 41.8 Å². The second-order valence-electron chi connectivity index (χ2n) is 17.3. The largest absolute Gasteiger partial charge is 0.382 e. The van der Waals surface area contributed by atoms with Crippen molar-refractivity contribution in [3.05, 3.63) is 65.4 Å². The number of ether oxygens (including phenoxy) is 3. The highest BCUT2D eigenvalue weighted by atomic mass is 19.3. The highest BCUT2D eigenvalue weighted by Crippen LogP contribution is 2.36. The Morgan fingerprint density at radius 1 is 1.08 bits per heavy atom. The number of para-hydroxylation sites is 1. The monoisotopic (exact) mass is 899 g/mol. The van der Waals surface area contributed by atoms with Crippen LogP contribution >= 0.6 is 0 Å². The second kappa shape index (κ2) is 19.3. The number of alkyl halides is 3. The Morgan fingerprint density at radius 2 is 1.92 bits per heavy atom. The normalized spacial score (nSPS) is 24.4. The van der Waals surface area contributed by atoms with Crippen LogP contribution in [-0.2, 0) is 30.8 Å². The molecule has 65 heavy (non-hydrogen) atoms. The van der Waals surface area contributed by atoms with Gasteiger partial charge < -0.3 is 24.4 Å². The Kier molecular flexibility index (Phi) is 13.2. The van der Waals surface area contributed by atoms with Crippen LogP contribution in [0.2, 0.25) is 0 Å². The molecule has 9 rings (SSSR count). The van der Waals surface area contributed by atoms with Crippen LogP contribution in [0.3, 0.4) is 0 Å². The third-order valence-corrected chi connectivity index (χ3v) is 13.0. The molecule has 20 heteroatoms. The molecule has 1 saturated carbocycles. The van der Waals surface area contributed by atoms with E-state index in [9.17, 15) is 23.2 Å². The Balaban J connectivity index is 0.755. The number of amides is 3. The topological polar surface area (TPSA) is 175 Å². The van der Waals surface area contributed by atoms with E-state index in [0.717, 1.165) is 30.3 Å². The third-order valence-electron chi connectivity index (χ3n) is 13.0. The van der Waals surface area contributed by atoms with E-state index in [1.165, 1.54) is 16.9 Å². The number of hydrogen-bond donors (Lipinski definition) is 2. The maximum Gasteiger partial charge on any atom is 0.284 e. The Labute approximate surface area is 372 Å². The quantitative estimate of drug-likeness (QED) is 0.132. The summed E-state index contributed by atoms with van der Waals surface area (Å²) in [6.07, 6.45) is 4.01. The number of likely N-dealkylation sites (tertiary alicyclic amines) is 1. The van der Waals surface area contributed by atoms with Gasteiger partial charge in [-0.25, -0.2) is 22.7 Å². The molecule has 0 spiro atoms. The first kappa shape index (κ1) is 44.3. The van der Waals surface area contributed by atoms with Gasteiger partial charge in [0.1, 0.15) is 24.2 Å². The van der Waals surface area contributed by atoms with Gasteiger partial charge in [0.25, 0.3) is 12.3 Å². The molecule has 0 radical (unpaired) electrons. The van der Waals surface area contributed by atoms with Crippen LogP contribution in [-0.4, -0.2) is 135 Å². The number of hydrogen-bond acceptors (Lipinski definition) is 12. The molecule has 5 aromatic rings. The first-order valence-corrected chi connectivity index (χ1v) is 22.2. The van der Waals surface area contributed by atoms with Gasteiger partial charge in [-0.05, 0) is 56.6 Å². The summed E-state index contributed by atoms with van der Waals surface area (Å²) in [5.41, 5.74) is 1.97. The fourth-order valence-corrected chi connectivity index (χ4v) is 9.66. The number of rotatable bonds is 12. The van der Waals surface area contributed by atoms with Gasteiger partial charge >= 0.3 is 0 Å². The van der Waals surface area contributed by atoms with Gasteiger partial charge in [-0.2, -0.15) is 15.3 Å². The van der Waals surface area contributed by atoms with Crippen molar-refractivity contribution in [1.82, 2.24) is 44.4 Å². The standard InChI is InChI=1S/C45H52F3N11O6/c1-55-41-28(5-3-7-31(41)39(53-55)32-12-13-38(60)52-44(32)61)6-4-19-65-36-14-16-56(24-34(36)46)22-27-8-10-29(11-9-27)59-25-35(40(54-59)42(47)48)50-45(62)33-21-49-58-17-15-37(51-43(33)58)57-18-20-64-30(23-57)26-63-2/h3,5,7,15,17,21,25,27,29-30,32,34,36,42H,8-14,16,18-20,22-24,26H2,1-2H3,(H,50,62)(H,52,60,61)/t27?,29?,30-,32-,34-,36+/m0/s1. The van der Waals surface area contributed by atoms with Gasteiger partial charge in [0.15, 0.2) is 11.3 Å². The number of carbonyl (C=O) groups excluding carboxylic acids is 3. The number of piperidine rings is 2. The van der Waals surface area contributed by atoms with E-state index < -0.39 is 36.2 Å². The van der Waals surface area contributed by atoms with E-state index >= 15 is 4.39 Å². The molecular weight excluding hydrogens is 848 g/mol. The van der Waals surface area contributed by atoms with Crippen molar-refractivity contribution in [1.29, 1.82) is 0 Å². The lowest BCUT2D eigenvalue weighted by atomic mass is 9.85. The number of aryl methyl sites for hydroxylation is 1. The average Bonchev–Trinajstić information content (AvgIpc) is 4.02. The van der Waals surface area contributed by atoms with Crippen LogP contribution < -0.4 is 15.5 Å². The highest BCUT2D eigenvalue weighted by Gasteiger charge is 2.34. The Morgan fingerprint density at radius 3 is 2.71 bits per heavy atom. The first-order valence-electron chi connectivity index (χ1n) is 22.2. The molecule has 7 heterocycles. The average molecular weight is 900 g/mol. The molecule has 344 valence electrons. The minimum absolute atomic E-state index is 0.0554. The number of fused-ring (bicyclic) bond motifs is 2. The molecule has 17 nitrogen and oxygen atoms in total. The molecule has 1 aliphatic carbocycles. The molecular formula is C45H52F3N11O6. The van der Waals surface area contributed by atoms with Crippen molar-refractivity contribution in [3.8, 4) is 11.8 Å². The number of nitrogens with one attached hydrogen (secondary N) is 2. The van der Waals surface area contributed by atoms with E-state index in [4.69, 9.17) is 19.2 Å². The summed E-state index contributed by atoms with van der Waals surface area (Å²) in [4.78, 5) is 46.7. The van der Waals surface area contributed by atoms with Gasteiger partial charge in [-0.3, -0.25) is 34.0 Å². The fraction of sp³-hybridized carbons (Fsp3) is 0.533. The van der Waals surface area contributed by atoms with Crippen LogP contribution in [0.5, 0.6) is 0 Å². The third kappa shape index (κ3) is 9.60. The summed E-state index contributed by atoms with van der Waals surface area (Å²) in [5.74, 6) is 5.36. The van der Waals surface area contributed by atoms with Crippen molar-refractivity contribution in [3.63, 3.8) is 0 Å². The molecule has 3 aliphatic heterocycles. The van der Waals surface area contributed by atoms with E-state index in [1.54, 1.807) is 35.8 Å². The Bertz CT molecular complexity index is 2610. The van der Waals surface area contributed by atoms with E-state index in [-0.39, 0.29) is 54.8 Å². The number of benzene rings is 1. The second-order valence-corrected chi connectivity index (χ2v) is 17.3. The van der Waals surface area contributed by atoms with Crippen molar-refractivity contribution in [2.75, 3.05) is 69.9 Å². The number of aromatic nitrogens is 7. The summed E-state index contributed by atoms with van der Waals surface area (Å²) >= 11 is 0. The van der Waals surface area contributed by atoms with Crippen LogP contribution in [0, 0.1) is 17.8 Å². The lowest BCUT2D eigenvalue weighted by molar-refractivity contribution is -0.134. The molecule has 3 amide bonds. The van der Waals surface area contributed by atoms with E-state index in [1.807, 2.05) is 23.1 Å². The van der Waals surface area contributed by atoms with E-state index in [0.29, 0.717) is 87.2 Å². The zero-order chi connectivity index (χ0) is 45.2. The van der Waals surface area contributed by atoms with Crippen molar-refractivity contribution in [2.45, 2.75) is 81.7 Å².